The second-order valence-corrected chi connectivity index (χ2v) is 7.84. The fourth-order valence-electron chi connectivity index (χ4n) is 4.37. The molecule has 0 radical (unpaired) electrons. The van der Waals surface area contributed by atoms with Crippen LogP contribution in [0.15, 0.2) is 43.0 Å². The number of fused-ring (bicyclic) bond motifs is 5. The van der Waals surface area contributed by atoms with Gasteiger partial charge in [-0.1, -0.05) is 29.8 Å². The summed E-state index contributed by atoms with van der Waals surface area (Å²) in [4.78, 5) is 0. The number of rotatable bonds is 3. The summed E-state index contributed by atoms with van der Waals surface area (Å²) in [6.45, 7) is 10.6. The third kappa shape index (κ3) is 2.55. The van der Waals surface area contributed by atoms with Crippen molar-refractivity contribution >= 4 is 17.0 Å². The highest BCUT2D eigenvalue weighted by atomic mass is 16.5. The van der Waals surface area contributed by atoms with E-state index in [0.717, 1.165) is 45.5 Å². The summed E-state index contributed by atoms with van der Waals surface area (Å²) in [6, 6.07) is 10.2. The standard InChI is InChI=1S/C23H25NO2/c1-5-7-18-22-16(21-15(13-25)8-6-9-19(21)26-18)10-11-17-20(22)14(2)12-23(3,4)24-17/h5-6,8-11,24-25H,1,7,12-13H2,2-4H3. The van der Waals surface area contributed by atoms with Crippen molar-refractivity contribution < 1.29 is 9.84 Å². The molecular formula is C23H25NO2. The predicted octanol–water partition coefficient (Wildman–Crippen LogP) is 3.69. The summed E-state index contributed by atoms with van der Waals surface area (Å²) in [5, 5.41) is 15.9. The van der Waals surface area contributed by atoms with Gasteiger partial charge in [0, 0.05) is 33.6 Å². The Kier molecular flexibility index (Phi) is 3.92. The van der Waals surface area contributed by atoms with Gasteiger partial charge in [0.1, 0.15) is 11.5 Å². The summed E-state index contributed by atoms with van der Waals surface area (Å²) >= 11 is 0. The lowest BCUT2D eigenvalue weighted by molar-refractivity contribution is 0.282. The first-order valence-corrected chi connectivity index (χ1v) is 9.11. The van der Waals surface area contributed by atoms with Crippen LogP contribution in [-0.4, -0.2) is 10.6 Å². The summed E-state index contributed by atoms with van der Waals surface area (Å²) in [5.41, 5.74) is 5.56. The highest BCUT2D eigenvalue weighted by Crippen LogP contribution is 2.37. The topological polar surface area (TPSA) is 41.5 Å². The van der Waals surface area contributed by atoms with Crippen molar-refractivity contribution in [3.05, 3.63) is 59.0 Å². The first kappa shape index (κ1) is 16.9. The Morgan fingerprint density at radius 3 is 2.77 bits per heavy atom. The molecule has 0 unspecified atom stereocenters. The molecule has 0 amide bonds. The minimum atomic E-state index is -0.00612. The summed E-state index contributed by atoms with van der Waals surface area (Å²) in [6.07, 6.45) is 3.53. The van der Waals surface area contributed by atoms with Gasteiger partial charge in [0.25, 0.3) is 0 Å². The SMILES string of the molecule is C=CCC1=c2c(ccc3c2=C(C)CC(C)(C)N3)-c2c(CO)cccc2O1. The van der Waals surface area contributed by atoms with Gasteiger partial charge in [-0.25, -0.2) is 0 Å². The highest BCUT2D eigenvalue weighted by Gasteiger charge is 2.27. The quantitative estimate of drug-likeness (QED) is 0.832. The van der Waals surface area contributed by atoms with Gasteiger partial charge in [-0.05, 0) is 50.5 Å². The van der Waals surface area contributed by atoms with E-state index in [0.29, 0.717) is 6.42 Å². The molecule has 0 saturated heterocycles. The van der Waals surface area contributed by atoms with Crippen LogP contribution in [0.5, 0.6) is 5.75 Å². The van der Waals surface area contributed by atoms with Crippen LogP contribution in [0.4, 0.5) is 5.69 Å². The molecule has 0 aromatic heterocycles. The van der Waals surface area contributed by atoms with E-state index >= 15 is 0 Å². The molecule has 0 aliphatic carbocycles. The van der Waals surface area contributed by atoms with Crippen LogP contribution in [0, 0.1) is 0 Å². The van der Waals surface area contributed by atoms with Crippen molar-refractivity contribution in [1.82, 2.24) is 0 Å². The van der Waals surface area contributed by atoms with E-state index in [1.165, 1.54) is 10.8 Å². The van der Waals surface area contributed by atoms with Gasteiger partial charge >= 0.3 is 0 Å². The van der Waals surface area contributed by atoms with E-state index in [-0.39, 0.29) is 12.1 Å². The monoisotopic (exact) mass is 347 g/mol. The van der Waals surface area contributed by atoms with E-state index < -0.39 is 0 Å². The number of ether oxygens (including phenoxy) is 1. The van der Waals surface area contributed by atoms with Crippen molar-refractivity contribution in [2.45, 2.75) is 45.8 Å². The minimum Gasteiger partial charge on any atom is -0.460 e. The van der Waals surface area contributed by atoms with E-state index in [1.54, 1.807) is 0 Å². The zero-order valence-corrected chi connectivity index (χ0v) is 15.6. The molecule has 2 N–H and O–H groups in total. The maximum Gasteiger partial charge on any atom is 0.135 e. The Morgan fingerprint density at radius 1 is 1.23 bits per heavy atom. The third-order valence-corrected chi connectivity index (χ3v) is 5.21. The molecule has 26 heavy (non-hydrogen) atoms. The Morgan fingerprint density at radius 2 is 2.04 bits per heavy atom. The van der Waals surface area contributed by atoms with Crippen LogP contribution >= 0.6 is 0 Å². The van der Waals surface area contributed by atoms with E-state index in [4.69, 9.17) is 4.74 Å². The van der Waals surface area contributed by atoms with E-state index in [2.05, 4.69) is 44.8 Å². The summed E-state index contributed by atoms with van der Waals surface area (Å²) < 4.78 is 6.30. The fourth-order valence-corrected chi connectivity index (χ4v) is 4.37. The van der Waals surface area contributed by atoms with Crippen molar-refractivity contribution in [2.75, 3.05) is 5.32 Å². The second kappa shape index (κ2) is 6.03. The van der Waals surface area contributed by atoms with Gasteiger partial charge in [-0.2, -0.15) is 0 Å². The second-order valence-electron chi connectivity index (χ2n) is 7.84. The van der Waals surface area contributed by atoms with Crippen LogP contribution in [0.3, 0.4) is 0 Å². The molecule has 4 rings (SSSR count). The largest absolute Gasteiger partial charge is 0.460 e. The number of anilines is 1. The van der Waals surface area contributed by atoms with Crippen LogP contribution in [0.25, 0.3) is 22.5 Å². The number of aliphatic hydroxyl groups excluding tert-OH is 1. The molecule has 134 valence electrons. The fraction of sp³-hybridized carbons (Fsp3) is 0.304. The molecule has 2 heterocycles. The molecule has 0 spiro atoms. The molecule has 3 nitrogen and oxygen atoms in total. The number of aliphatic hydroxyl groups is 1. The molecular weight excluding hydrogens is 322 g/mol. The minimum absolute atomic E-state index is 0.00612. The lowest BCUT2D eigenvalue weighted by Crippen LogP contribution is -2.45. The van der Waals surface area contributed by atoms with Crippen LogP contribution in [0.1, 0.15) is 39.2 Å². The Labute approximate surface area is 154 Å². The normalized spacial score (nSPS) is 16.8. The molecule has 0 fully saturated rings. The number of benzene rings is 2. The Hall–Kier alpha value is -2.52. The van der Waals surface area contributed by atoms with E-state index in [1.807, 2.05) is 24.3 Å². The molecule has 2 aromatic rings. The lowest BCUT2D eigenvalue weighted by Gasteiger charge is -2.34. The Balaban J connectivity index is 2.14. The average molecular weight is 347 g/mol. The number of hydrogen-bond donors (Lipinski definition) is 2. The highest BCUT2D eigenvalue weighted by molar-refractivity contribution is 5.82. The number of nitrogens with one attached hydrogen (secondary N) is 1. The van der Waals surface area contributed by atoms with Gasteiger partial charge in [-0.15, -0.1) is 6.58 Å². The first-order valence-electron chi connectivity index (χ1n) is 9.11. The molecule has 2 aliphatic heterocycles. The van der Waals surface area contributed by atoms with Gasteiger partial charge in [0.05, 0.1) is 6.61 Å². The molecule has 3 heteroatoms. The predicted molar refractivity (Wildman–Crippen MR) is 107 cm³/mol. The maximum atomic E-state index is 9.85. The van der Waals surface area contributed by atoms with Crippen LogP contribution in [-0.2, 0) is 6.61 Å². The third-order valence-electron chi connectivity index (χ3n) is 5.21. The van der Waals surface area contributed by atoms with Gasteiger partial charge in [-0.3, -0.25) is 0 Å². The van der Waals surface area contributed by atoms with Crippen molar-refractivity contribution in [3.63, 3.8) is 0 Å². The molecule has 2 aromatic carbocycles. The van der Waals surface area contributed by atoms with Crippen molar-refractivity contribution in [2.24, 2.45) is 0 Å². The van der Waals surface area contributed by atoms with Gasteiger partial charge in [0.2, 0.25) is 0 Å². The van der Waals surface area contributed by atoms with Crippen molar-refractivity contribution in [1.29, 1.82) is 0 Å². The van der Waals surface area contributed by atoms with Crippen molar-refractivity contribution in [3.8, 4) is 16.9 Å². The van der Waals surface area contributed by atoms with Crippen LogP contribution < -0.4 is 20.5 Å². The summed E-state index contributed by atoms with van der Waals surface area (Å²) in [7, 11) is 0. The zero-order valence-electron chi connectivity index (χ0n) is 15.6. The van der Waals surface area contributed by atoms with Gasteiger partial charge in [0.15, 0.2) is 0 Å². The van der Waals surface area contributed by atoms with Gasteiger partial charge < -0.3 is 15.2 Å². The molecule has 0 bridgehead atoms. The van der Waals surface area contributed by atoms with E-state index in [9.17, 15) is 5.11 Å². The summed E-state index contributed by atoms with van der Waals surface area (Å²) in [5.74, 6) is 1.73. The lowest BCUT2D eigenvalue weighted by atomic mass is 9.86. The first-order chi connectivity index (χ1) is 12.4. The molecule has 2 aliphatic rings. The molecule has 0 atom stereocenters. The molecule has 0 saturated carbocycles. The smallest absolute Gasteiger partial charge is 0.135 e. The average Bonchev–Trinajstić information content (AvgIpc) is 2.59. The maximum absolute atomic E-state index is 9.85. The Bertz CT molecular complexity index is 1030. The van der Waals surface area contributed by atoms with Crippen LogP contribution in [0.2, 0.25) is 0 Å². The zero-order chi connectivity index (χ0) is 18.5. The number of hydrogen-bond acceptors (Lipinski definition) is 3.